The van der Waals surface area contributed by atoms with E-state index in [1.807, 2.05) is 66.7 Å². The van der Waals surface area contributed by atoms with Gasteiger partial charge in [0.2, 0.25) is 5.78 Å². The van der Waals surface area contributed by atoms with E-state index in [9.17, 15) is 4.79 Å². The Hall–Kier alpha value is -2.59. The summed E-state index contributed by atoms with van der Waals surface area (Å²) in [5.41, 5.74) is 2.57. The molecule has 0 saturated carbocycles. The topological polar surface area (TPSA) is 17.1 Å². The Bertz CT molecular complexity index is 715. The first kappa shape index (κ1) is 17.8. The number of benzene rings is 2. The highest BCUT2D eigenvalue weighted by Gasteiger charge is 2.09. The van der Waals surface area contributed by atoms with Crippen molar-refractivity contribution >= 4 is 17.4 Å². The molecular formula is C23H24O. The Kier molecular flexibility index (Phi) is 7.57. The first-order chi connectivity index (χ1) is 11.8. The highest BCUT2D eigenvalue weighted by Crippen LogP contribution is 2.19. The number of rotatable bonds is 7. The van der Waals surface area contributed by atoms with Crippen molar-refractivity contribution in [2.75, 3.05) is 0 Å². The zero-order valence-corrected chi connectivity index (χ0v) is 14.3. The van der Waals surface area contributed by atoms with E-state index in [4.69, 9.17) is 0 Å². The quantitative estimate of drug-likeness (QED) is 0.208. The largest absolute Gasteiger partial charge is 0.279 e. The van der Waals surface area contributed by atoms with Crippen molar-refractivity contribution in [3.8, 4) is 11.8 Å². The van der Waals surface area contributed by atoms with Gasteiger partial charge in [0.15, 0.2) is 0 Å². The molecule has 2 rings (SSSR count). The number of carbonyl (C=O) groups excluding carboxylic acids is 1. The Balaban J connectivity index is 2.16. The summed E-state index contributed by atoms with van der Waals surface area (Å²) in [6, 6.07) is 19.6. The van der Waals surface area contributed by atoms with E-state index in [1.54, 1.807) is 0 Å². The van der Waals surface area contributed by atoms with Gasteiger partial charge in [0, 0.05) is 12.0 Å². The molecule has 0 radical (unpaired) electrons. The molecule has 0 atom stereocenters. The summed E-state index contributed by atoms with van der Waals surface area (Å²) in [4.78, 5) is 12.6. The number of Topliss-reactive ketones (excluding diaryl/α,β-unsaturated/α-hetero) is 1. The minimum atomic E-state index is -0.111. The molecule has 0 heterocycles. The van der Waals surface area contributed by atoms with Crippen LogP contribution in [0.4, 0.5) is 0 Å². The van der Waals surface area contributed by atoms with Gasteiger partial charge in [-0.3, -0.25) is 4.79 Å². The molecule has 2 aromatic carbocycles. The second kappa shape index (κ2) is 10.2. The molecule has 0 saturated heterocycles. The van der Waals surface area contributed by atoms with Gasteiger partial charge in [0.1, 0.15) is 0 Å². The van der Waals surface area contributed by atoms with E-state index >= 15 is 0 Å². The lowest BCUT2D eigenvalue weighted by Crippen LogP contribution is -1.98. The first-order valence-corrected chi connectivity index (χ1v) is 8.66. The normalized spacial score (nSPS) is 10.8. The fraction of sp³-hybridized carbons (Fsp3) is 0.261. The van der Waals surface area contributed by atoms with E-state index in [-0.39, 0.29) is 5.78 Å². The van der Waals surface area contributed by atoms with E-state index in [2.05, 4.69) is 18.8 Å². The van der Waals surface area contributed by atoms with Gasteiger partial charge in [-0.25, -0.2) is 0 Å². The third-order valence-corrected chi connectivity index (χ3v) is 3.80. The van der Waals surface area contributed by atoms with Crippen molar-refractivity contribution in [3.63, 3.8) is 0 Å². The van der Waals surface area contributed by atoms with Crippen LogP contribution in [0.3, 0.4) is 0 Å². The SMILES string of the molecule is CCCCCCC#CC(=O)/C(=C/c1ccccc1)c1ccccc1. The molecule has 0 N–H and O–H groups in total. The molecule has 0 fully saturated rings. The second-order valence-corrected chi connectivity index (χ2v) is 5.78. The van der Waals surface area contributed by atoms with Crippen LogP contribution in [0.2, 0.25) is 0 Å². The van der Waals surface area contributed by atoms with Crippen LogP contribution >= 0.6 is 0 Å². The van der Waals surface area contributed by atoms with Crippen LogP contribution in [-0.4, -0.2) is 5.78 Å². The molecule has 0 aliphatic rings. The molecule has 0 aliphatic carbocycles. The molecule has 0 aromatic heterocycles. The van der Waals surface area contributed by atoms with Crippen LogP contribution in [0.1, 0.15) is 50.2 Å². The maximum absolute atomic E-state index is 12.6. The highest BCUT2D eigenvalue weighted by atomic mass is 16.1. The number of hydrogen-bond acceptors (Lipinski definition) is 1. The van der Waals surface area contributed by atoms with E-state index < -0.39 is 0 Å². The average molecular weight is 316 g/mol. The van der Waals surface area contributed by atoms with Crippen LogP contribution in [0.25, 0.3) is 11.6 Å². The summed E-state index contributed by atoms with van der Waals surface area (Å²) in [5, 5.41) is 0. The molecule has 0 spiro atoms. The Morgan fingerprint density at radius 1 is 0.917 bits per heavy atom. The van der Waals surface area contributed by atoms with Crippen molar-refractivity contribution in [1.82, 2.24) is 0 Å². The number of allylic oxidation sites excluding steroid dienone is 1. The predicted octanol–water partition coefficient (Wildman–Crippen LogP) is 5.77. The molecule has 0 bridgehead atoms. The predicted molar refractivity (Wildman–Crippen MR) is 102 cm³/mol. The molecule has 1 nitrogen and oxygen atoms in total. The minimum absolute atomic E-state index is 0.111. The fourth-order valence-corrected chi connectivity index (χ4v) is 2.46. The van der Waals surface area contributed by atoms with Crippen LogP contribution in [-0.2, 0) is 4.79 Å². The molecule has 1 heteroatoms. The summed E-state index contributed by atoms with van der Waals surface area (Å²) in [5.74, 6) is 5.75. The zero-order chi connectivity index (χ0) is 17.0. The maximum Gasteiger partial charge on any atom is 0.236 e. The minimum Gasteiger partial charge on any atom is -0.279 e. The molecule has 122 valence electrons. The Labute approximate surface area is 145 Å². The number of hydrogen-bond donors (Lipinski definition) is 0. The first-order valence-electron chi connectivity index (χ1n) is 8.66. The number of unbranched alkanes of at least 4 members (excludes halogenated alkanes) is 4. The van der Waals surface area contributed by atoms with E-state index in [0.29, 0.717) is 5.57 Å². The molecule has 0 amide bonds. The van der Waals surface area contributed by atoms with Crippen molar-refractivity contribution in [2.45, 2.75) is 39.0 Å². The standard InChI is InChI=1S/C23H24O/c1-2-3-4-5-6-13-18-23(24)22(21-16-11-8-12-17-21)19-20-14-9-7-10-15-20/h7-12,14-17,19H,2-6H2,1H3/b22-19+. The molecule has 2 aromatic rings. The lowest BCUT2D eigenvalue weighted by atomic mass is 9.99. The fourth-order valence-electron chi connectivity index (χ4n) is 2.46. The van der Waals surface area contributed by atoms with Crippen molar-refractivity contribution in [1.29, 1.82) is 0 Å². The molecular weight excluding hydrogens is 292 g/mol. The lowest BCUT2D eigenvalue weighted by Gasteiger charge is -2.03. The van der Waals surface area contributed by atoms with Crippen molar-refractivity contribution < 1.29 is 4.79 Å². The van der Waals surface area contributed by atoms with Gasteiger partial charge in [0.25, 0.3) is 0 Å². The van der Waals surface area contributed by atoms with Crippen molar-refractivity contribution in [2.24, 2.45) is 0 Å². The summed E-state index contributed by atoms with van der Waals surface area (Å²) in [6.45, 7) is 2.19. The number of carbonyl (C=O) groups is 1. The second-order valence-electron chi connectivity index (χ2n) is 5.78. The van der Waals surface area contributed by atoms with Crippen molar-refractivity contribution in [3.05, 3.63) is 71.8 Å². The molecule has 0 unspecified atom stereocenters. The van der Waals surface area contributed by atoms with Gasteiger partial charge in [-0.05, 0) is 29.5 Å². The van der Waals surface area contributed by atoms with Crippen LogP contribution < -0.4 is 0 Å². The third-order valence-electron chi connectivity index (χ3n) is 3.80. The Morgan fingerprint density at radius 3 is 2.25 bits per heavy atom. The smallest absolute Gasteiger partial charge is 0.236 e. The Morgan fingerprint density at radius 2 is 1.58 bits per heavy atom. The highest BCUT2D eigenvalue weighted by molar-refractivity contribution is 6.32. The number of ketones is 1. The van der Waals surface area contributed by atoms with Gasteiger partial charge in [-0.15, -0.1) is 0 Å². The molecule has 24 heavy (non-hydrogen) atoms. The molecule has 0 aliphatic heterocycles. The van der Waals surface area contributed by atoms with Crippen LogP contribution in [0, 0.1) is 11.8 Å². The summed E-state index contributed by atoms with van der Waals surface area (Å²) in [7, 11) is 0. The summed E-state index contributed by atoms with van der Waals surface area (Å²) >= 11 is 0. The summed E-state index contributed by atoms with van der Waals surface area (Å²) < 4.78 is 0. The van der Waals surface area contributed by atoms with Gasteiger partial charge in [-0.2, -0.15) is 0 Å². The lowest BCUT2D eigenvalue weighted by molar-refractivity contribution is -0.108. The van der Waals surface area contributed by atoms with Gasteiger partial charge >= 0.3 is 0 Å². The zero-order valence-electron chi connectivity index (χ0n) is 14.3. The monoisotopic (exact) mass is 316 g/mol. The van der Waals surface area contributed by atoms with Gasteiger partial charge in [0.05, 0.1) is 0 Å². The van der Waals surface area contributed by atoms with Gasteiger partial charge in [-0.1, -0.05) is 92.8 Å². The van der Waals surface area contributed by atoms with E-state index in [1.165, 1.54) is 19.3 Å². The van der Waals surface area contributed by atoms with Gasteiger partial charge < -0.3 is 0 Å². The maximum atomic E-state index is 12.6. The van der Waals surface area contributed by atoms with Crippen LogP contribution in [0.15, 0.2) is 60.7 Å². The third kappa shape index (κ3) is 5.89. The van der Waals surface area contributed by atoms with Crippen LogP contribution in [0.5, 0.6) is 0 Å². The van der Waals surface area contributed by atoms with E-state index in [0.717, 1.165) is 24.0 Å². The summed E-state index contributed by atoms with van der Waals surface area (Å²) in [6.07, 6.45) is 7.41. The average Bonchev–Trinajstić information content (AvgIpc) is 2.64.